The number of rotatable bonds is 5. The van der Waals surface area contributed by atoms with Crippen molar-refractivity contribution >= 4 is 40.1 Å². The van der Waals surface area contributed by atoms with Gasteiger partial charge in [0.25, 0.3) is 0 Å². The van der Waals surface area contributed by atoms with Crippen molar-refractivity contribution in [3.63, 3.8) is 0 Å². The van der Waals surface area contributed by atoms with Crippen LogP contribution in [0, 0.1) is 6.92 Å². The van der Waals surface area contributed by atoms with E-state index in [1.54, 1.807) is 31.4 Å². The second-order valence-corrected chi connectivity index (χ2v) is 6.42. The molecule has 1 amide bonds. The number of nitrogens with zero attached hydrogens (tertiary/aromatic N) is 1. The number of furan rings is 1. The number of hydrogen-bond acceptors (Lipinski definition) is 5. The third kappa shape index (κ3) is 4.29. The van der Waals surface area contributed by atoms with Crippen molar-refractivity contribution in [3.8, 4) is 17.0 Å². The molecule has 0 fully saturated rings. The number of benzene rings is 1. The number of aromatic nitrogens is 1. The minimum Gasteiger partial charge on any atom is -0.495 e. The summed E-state index contributed by atoms with van der Waals surface area (Å²) in [5, 5.41) is 5.60. The topological polar surface area (TPSA) is 64.4 Å². The van der Waals surface area contributed by atoms with Gasteiger partial charge in [0, 0.05) is 17.0 Å². The Morgan fingerprint density at radius 1 is 1.36 bits per heavy atom. The highest BCUT2D eigenvalue weighted by molar-refractivity contribution is 7.14. The lowest BCUT2D eigenvalue weighted by Crippen LogP contribution is -2.07. The number of anilines is 1. The number of nitrogens with one attached hydrogen (secondary N) is 1. The largest absolute Gasteiger partial charge is 0.495 e. The molecule has 1 N–H and O–H groups in total. The van der Waals surface area contributed by atoms with E-state index in [9.17, 15) is 4.79 Å². The molecule has 128 valence electrons. The van der Waals surface area contributed by atoms with E-state index in [1.807, 2.05) is 24.4 Å². The number of aryl methyl sites for hydroxylation is 1. The van der Waals surface area contributed by atoms with Crippen LogP contribution in [-0.4, -0.2) is 18.0 Å². The molecule has 3 aromatic rings. The SMILES string of the molecule is COc1ccc(-c2csc(NC(=O)/C=C/c3ccc(C)o3)n2)cc1Cl. The first-order chi connectivity index (χ1) is 12.0. The fourth-order valence-electron chi connectivity index (χ4n) is 2.14. The molecule has 0 radical (unpaired) electrons. The lowest BCUT2D eigenvalue weighted by atomic mass is 10.2. The maximum absolute atomic E-state index is 12.0. The van der Waals surface area contributed by atoms with Gasteiger partial charge in [-0.25, -0.2) is 4.98 Å². The molecule has 0 saturated carbocycles. The first-order valence-electron chi connectivity index (χ1n) is 7.40. The average molecular weight is 375 g/mol. The number of amides is 1. The quantitative estimate of drug-likeness (QED) is 0.636. The summed E-state index contributed by atoms with van der Waals surface area (Å²) in [5.41, 5.74) is 1.58. The van der Waals surface area contributed by atoms with Crippen LogP contribution in [-0.2, 0) is 4.79 Å². The van der Waals surface area contributed by atoms with Crippen molar-refractivity contribution in [2.45, 2.75) is 6.92 Å². The summed E-state index contributed by atoms with van der Waals surface area (Å²) in [6, 6.07) is 9.06. The van der Waals surface area contributed by atoms with Gasteiger partial charge in [0.05, 0.1) is 17.8 Å². The molecule has 0 spiro atoms. The van der Waals surface area contributed by atoms with E-state index in [-0.39, 0.29) is 5.91 Å². The van der Waals surface area contributed by atoms with Gasteiger partial charge in [0.15, 0.2) is 5.13 Å². The van der Waals surface area contributed by atoms with Crippen LogP contribution in [0.2, 0.25) is 5.02 Å². The van der Waals surface area contributed by atoms with Gasteiger partial charge in [-0.3, -0.25) is 10.1 Å². The van der Waals surface area contributed by atoms with E-state index >= 15 is 0 Å². The van der Waals surface area contributed by atoms with Gasteiger partial charge in [-0.05, 0) is 43.3 Å². The van der Waals surface area contributed by atoms with Crippen LogP contribution in [0.25, 0.3) is 17.3 Å². The molecule has 0 unspecified atom stereocenters. The Hall–Kier alpha value is -2.57. The van der Waals surface area contributed by atoms with E-state index in [0.717, 1.165) is 17.0 Å². The van der Waals surface area contributed by atoms with Crippen LogP contribution in [0.15, 0.2) is 46.2 Å². The summed E-state index contributed by atoms with van der Waals surface area (Å²) in [6.07, 6.45) is 3.02. The smallest absolute Gasteiger partial charge is 0.250 e. The number of ether oxygens (including phenoxy) is 1. The summed E-state index contributed by atoms with van der Waals surface area (Å²) in [6.45, 7) is 1.85. The van der Waals surface area contributed by atoms with Crippen molar-refractivity contribution in [1.82, 2.24) is 4.98 Å². The molecule has 0 aliphatic rings. The Morgan fingerprint density at radius 2 is 2.20 bits per heavy atom. The summed E-state index contributed by atoms with van der Waals surface area (Å²) >= 11 is 7.47. The first kappa shape index (κ1) is 17.3. The molecule has 0 saturated heterocycles. The van der Waals surface area contributed by atoms with Crippen molar-refractivity contribution < 1.29 is 13.9 Å². The number of carbonyl (C=O) groups is 1. The Labute approximate surface area is 153 Å². The zero-order chi connectivity index (χ0) is 17.8. The molecule has 25 heavy (non-hydrogen) atoms. The van der Waals surface area contributed by atoms with Gasteiger partial charge in [0.1, 0.15) is 17.3 Å². The summed E-state index contributed by atoms with van der Waals surface area (Å²) in [5.74, 6) is 1.75. The second kappa shape index (κ2) is 7.55. The molecular formula is C18H15ClN2O3S. The van der Waals surface area contributed by atoms with Crippen LogP contribution in [0.3, 0.4) is 0 Å². The van der Waals surface area contributed by atoms with Gasteiger partial charge in [-0.15, -0.1) is 11.3 Å². The Kier molecular flexibility index (Phi) is 5.21. The molecule has 5 nitrogen and oxygen atoms in total. The van der Waals surface area contributed by atoms with Crippen molar-refractivity contribution in [3.05, 3.63) is 58.3 Å². The molecule has 2 heterocycles. The number of carbonyl (C=O) groups excluding carboxylic acids is 1. The fourth-order valence-corrected chi connectivity index (χ4v) is 3.12. The lowest BCUT2D eigenvalue weighted by molar-refractivity contribution is -0.111. The van der Waals surface area contributed by atoms with E-state index in [4.69, 9.17) is 20.8 Å². The van der Waals surface area contributed by atoms with Gasteiger partial charge < -0.3 is 9.15 Å². The normalized spacial score (nSPS) is 11.0. The van der Waals surface area contributed by atoms with E-state index in [1.165, 1.54) is 17.4 Å². The number of halogens is 1. The highest BCUT2D eigenvalue weighted by Gasteiger charge is 2.09. The highest BCUT2D eigenvalue weighted by atomic mass is 35.5. The summed E-state index contributed by atoms with van der Waals surface area (Å²) in [4.78, 5) is 16.4. The Bertz CT molecular complexity index is 930. The van der Waals surface area contributed by atoms with Gasteiger partial charge >= 0.3 is 0 Å². The predicted molar refractivity (Wildman–Crippen MR) is 100 cm³/mol. The van der Waals surface area contributed by atoms with E-state index in [0.29, 0.717) is 21.7 Å². The van der Waals surface area contributed by atoms with E-state index < -0.39 is 0 Å². The number of hydrogen-bond donors (Lipinski definition) is 1. The minimum absolute atomic E-state index is 0.275. The van der Waals surface area contributed by atoms with Crippen LogP contribution in [0.1, 0.15) is 11.5 Å². The van der Waals surface area contributed by atoms with Crippen molar-refractivity contribution in [2.24, 2.45) is 0 Å². The molecule has 1 aromatic carbocycles. The lowest BCUT2D eigenvalue weighted by Gasteiger charge is -2.04. The monoisotopic (exact) mass is 374 g/mol. The highest BCUT2D eigenvalue weighted by Crippen LogP contribution is 2.31. The van der Waals surface area contributed by atoms with Crippen molar-refractivity contribution in [1.29, 1.82) is 0 Å². The molecular weight excluding hydrogens is 360 g/mol. The van der Waals surface area contributed by atoms with Crippen LogP contribution >= 0.6 is 22.9 Å². The zero-order valence-electron chi connectivity index (χ0n) is 13.6. The number of methoxy groups -OCH3 is 1. The van der Waals surface area contributed by atoms with Crippen LogP contribution in [0.4, 0.5) is 5.13 Å². The van der Waals surface area contributed by atoms with Crippen molar-refractivity contribution in [2.75, 3.05) is 12.4 Å². The Morgan fingerprint density at radius 3 is 2.88 bits per heavy atom. The summed E-state index contributed by atoms with van der Waals surface area (Å²) in [7, 11) is 1.56. The van der Waals surface area contributed by atoms with Gasteiger partial charge in [-0.2, -0.15) is 0 Å². The maximum Gasteiger partial charge on any atom is 0.250 e. The zero-order valence-corrected chi connectivity index (χ0v) is 15.1. The molecule has 0 aliphatic carbocycles. The first-order valence-corrected chi connectivity index (χ1v) is 8.66. The fraction of sp³-hybridized carbons (Fsp3) is 0.111. The number of thiazole rings is 1. The molecule has 3 rings (SSSR count). The third-order valence-corrected chi connectivity index (χ3v) is 4.40. The molecule has 0 bridgehead atoms. The van der Waals surface area contributed by atoms with Gasteiger partial charge in [-0.1, -0.05) is 11.6 Å². The van der Waals surface area contributed by atoms with Crippen LogP contribution < -0.4 is 10.1 Å². The average Bonchev–Trinajstić information content (AvgIpc) is 3.22. The maximum atomic E-state index is 12.0. The van der Waals surface area contributed by atoms with Crippen LogP contribution in [0.5, 0.6) is 5.75 Å². The minimum atomic E-state index is -0.275. The molecule has 7 heteroatoms. The predicted octanol–water partition coefficient (Wildman–Crippen LogP) is 5.03. The summed E-state index contributed by atoms with van der Waals surface area (Å²) < 4.78 is 10.5. The second-order valence-electron chi connectivity index (χ2n) is 5.16. The standard InChI is InChI=1S/C18H15ClN2O3S/c1-11-3-5-13(24-11)6-8-17(22)21-18-20-15(10-25-18)12-4-7-16(23-2)14(19)9-12/h3-10H,1-2H3,(H,20,21,22)/b8-6+. The van der Waals surface area contributed by atoms with E-state index in [2.05, 4.69) is 10.3 Å². The molecule has 0 aliphatic heterocycles. The third-order valence-electron chi connectivity index (χ3n) is 3.34. The molecule has 0 atom stereocenters. The Balaban J connectivity index is 1.68. The molecule has 2 aromatic heterocycles. The van der Waals surface area contributed by atoms with Gasteiger partial charge in [0.2, 0.25) is 5.91 Å².